The first kappa shape index (κ1) is 20.2. The molecule has 4 aromatic carbocycles. The van der Waals surface area contributed by atoms with E-state index in [1.807, 2.05) is 6.07 Å². The van der Waals surface area contributed by atoms with Crippen molar-refractivity contribution in [2.24, 2.45) is 0 Å². The summed E-state index contributed by atoms with van der Waals surface area (Å²) >= 11 is 4.20. The highest BCUT2D eigenvalue weighted by molar-refractivity contribution is 14.1. The molecule has 152 valence electrons. The summed E-state index contributed by atoms with van der Waals surface area (Å²) in [5.74, 6) is 0. The van der Waals surface area contributed by atoms with Gasteiger partial charge in [-0.05, 0) is 58.0 Å². The quantitative estimate of drug-likeness (QED) is 0.218. The zero-order valence-corrected chi connectivity index (χ0v) is 20.3. The van der Waals surface area contributed by atoms with Gasteiger partial charge < -0.3 is 4.90 Å². The van der Waals surface area contributed by atoms with Gasteiger partial charge in [-0.15, -0.1) is 11.3 Å². The lowest BCUT2D eigenvalue weighted by atomic mass is 9.94. The lowest BCUT2D eigenvalue weighted by molar-refractivity contribution is 1.13. The van der Waals surface area contributed by atoms with Crippen molar-refractivity contribution in [3.63, 3.8) is 0 Å². The highest BCUT2D eigenvalue weighted by Gasteiger charge is 2.17. The molecule has 0 amide bonds. The summed E-state index contributed by atoms with van der Waals surface area (Å²) < 4.78 is 2.44. The third kappa shape index (κ3) is 3.86. The second-order valence-corrected chi connectivity index (χ2v) is 9.83. The van der Waals surface area contributed by atoms with Gasteiger partial charge in [0, 0.05) is 40.0 Å². The molecule has 1 aromatic heterocycles. The number of nitrogens with zero attached hydrogens (tertiary/aromatic N) is 2. The predicted molar refractivity (Wildman–Crippen MR) is 143 cm³/mol. The van der Waals surface area contributed by atoms with Crippen molar-refractivity contribution in [1.29, 1.82) is 0 Å². The van der Waals surface area contributed by atoms with E-state index in [0.29, 0.717) is 0 Å². The summed E-state index contributed by atoms with van der Waals surface area (Å²) in [5.41, 5.74) is 8.32. The van der Waals surface area contributed by atoms with E-state index in [9.17, 15) is 0 Å². The Hall–Kier alpha value is -2.70. The van der Waals surface area contributed by atoms with Gasteiger partial charge in [-0.1, -0.05) is 66.7 Å². The molecule has 0 radical (unpaired) electrons. The van der Waals surface area contributed by atoms with Crippen molar-refractivity contribution >= 4 is 49.8 Å². The van der Waals surface area contributed by atoms with E-state index in [1.54, 1.807) is 11.3 Å². The van der Waals surface area contributed by atoms with Crippen LogP contribution in [0, 0.1) is 3.57 Å². The lowest BCUT2D eigenvalue weighted by Gasteiger charge is -2.16. The Morgan fingerprint density at radius 2 is 1.42 bits per heavy atom. The Bertz CT molecular complexity index is 1360. The molecule has 0 aliphatic carbocycles. The van der Waals surface area contributed by atoms with Crippen molar-refractivity contribution in [2.75, 3.05) is 19.0 Å². The van der Waals surface area contributed by atoms with Gasteiger partial charge in [0.05, 0.1) is 10.2 Å². The largest absolute Gasteiger partial charge is 0.378 e. The van der Waals surface area contributed by atoms with E-state index in [1.165, 1.54) is 36.2 Å². The molecule has 0 bridgehead atoms. The first-order valence-electron chi connectivity index (χ1n) is 10.1. The third-order valence-corrected chi connectivity index (χ3v) is 7.39. The van der Waals surface area contributed by atoms with Crippen LogP contribution in [0.1, 0.15) is 0 Å². The van der Waals surface area contributed by atoms with Crippen LogP contribution in [-0.2, 0) is 0 Å². The molecule has 2 nitrogen and oxygen atoms in total. The second kappa shape index (κ2) is 8.44. The van der Waals surface area contributed by atoms with Crippen molar-refractivity contribution in [3.8, 4) is 32.8 Å². The minimum absolute atomic E-state index is 1.06. The van der Waals surface area contributed by atoms with Gasteiger partial charge >= 0.3 is 0 Å². The Balaban J connectivity index is 1.70. The maximum absolute atomic E-state index is 5.08. The van der Waals surface area contributed by atoms with Gasteiger partial charge in [0.25, 0.3) is 0 Å². The van der Waals surface area contributed by atoms with E-state index in [4.69, 9.17) is 4.98 Å². The summed E-state index contributed by atoms with van der Waals surface area (Å²) in [7, 11) is 4.14. The van der Waals surface area contributed by atoms with Crippen LogP contribution in [0.25, 0.3) is 43.0 Å². The van der Waals surface area contributed by atoms with Crippen molar-refractivity contribution in [2.45, 2.75) is 0 Å². The Labute approximate surface area is 200 Å². The van der Waals surface area contributed by atoms with E-state index in [0.717, 1.165) is 16.1 Å². The fourth-order valence-corrected chi connectivity index (χ4v) is 5.62. The molecular formula is C27H21IN2S. The van der Waals surface area contributed by atoms with E-state index < -0.39 is 0 Å². The van der Waals surface area contributed by atoms with Crippen molar-refractivity contribution in [3.05, 3.63) is 94.6 Å². The molecule has 0 spiro atoms. The average Bonchev–Trinajstić information content (AvgIpc) is 3.24. The highest BCUT2D eigenvalue weighted by Crippen LogP contribution is 2.41. The van der Waals surface area contributed by atoms with Crippen LogP contribution in [0.2, 0.25) is 0 Å². The van der Waals surface area contributed by atoms with Gasteiger partial charge in [0.15, 0.2) is 0 Å². The molecule has 1 heterocycles. The number of hydrogen-bond donors (Lipinski definition) is 0. The maximum atomic E-state index is 5.08. The summed E-state index contributed by atoms with van der Waals surface area (Å²) in [6.07, 6.45) is 0. The summed E-state index contributed by atoms with van der Waals surface area (Å²) in [4.78, 5) is 7.21. The number of para-hydroxylation sites is 1. The molecule has 0 saturated heterocycles. The molecule has 0 atom stereocenters. The van der Waals surface area contributed by atoms with Crippen LogP contribution >= 0.6 is 33.9 Å². The minimum atomic E-state index is 1.06. The van der Waals surface area contributed by atoms with E-state index in [2.05, 4.69) is 127 Å². The highest BCUT2D eigenvalue weighted by atomic mass is 127. The molecule has 0 unspecified atom stereocenters. The standard InChI is InChI=1S/C27H21IN2S/c1-30(2)20-16-14-18(15-17-20)21-10-6-12-23(28)25(21)22-11-7-13-24-26(22)29-27(31-24)19-8-4-3-5-9-19/h3-17H,1-2H3. The molecule has 0 aliphatic heterocycles. The van der Waals surface area contributed by atoms with Crippen molar-refractivity contribution in [1.82, 2.24) is 4.98 Å². The molecule has 5 aromatic rings. The van der Waals surface area contributed by atoms with Gasteiger partial charge in [0.1, 0.15) is 5.01 Å². The normalized spacial score (nSPS) is 11.1. The number of rotatable bonds is 4. The molecule has 0 saturated carbocycles. The lowest BCUT2D eigenvalue weighted by Crippen LogP contribution is -2.07. The fraction of sp³-hybridized carbons (Fsp3) is 0.0741. The summed E-state index contributed by atoms with van der Waals surface area (Å²) in [5, 5.41) is 1.06. The summed E-state index contributed by atoms with van der Waals surface area (Å²) in [6.45, 7) is 0. The zero-order chi connectivity index (χ0) is 21.4. The Morgan fingerprint density at radius 1 is 0.710 bits per heavy atom. The van der Waals surface area contributed by atoms with Crippen LogP contribution in [0.4, 0.5) is 5.69 Å². The number of anilines is 1. The first-order chi connectivity index (χ1) is 15.1. The van der Waals surface area contributed by atoms with Gasteiger partial charge in [0.2, 0.25) is 0 Å². The van der Waals surface area contributed by atoms with E-state index >= 15 is 0 Å². The number of hydrogen-bond acceptors (Lipinski definition) is 3. The predicted octanol–water partition coefficient (Wildman–Crippen LogP) is 7.97. The van der Waals surface area contributed by atoms with Crippen LogP contribution in [0.3, 0.4) is 0 Å². The Kier molecular flexibility index (Phi) is 5.50. The molecular weight excluding hydrogens is 511 g/mol. The SMILES string of the molecule is CN(C)c1ccc(-c2cccc(I)c2-c2cccc3sc(-c4ccccc4)nc23)cc1. The maximum Gasteiger partial charge on any atom is 0.124 e. The average molecular weight is 532 g/mol. The number of fused-ring (bicyclic) bond motifs is 1. The molecule has 0 fully saturated rings. The molecule has 4 heteroatoms. The third-order valence-electron chi connectivity index (χ3n) is 5.42. The zero-order valence-electron chi connectivity index (χ0n) is 17.3. The van der Waals surface area contributed by atoms with Gasteiger partial charge in [-0.2, -0.15) is 0 Å². The number of halogens is 1. The molecule has 5 rings (SSSR count). The number of benzene rings is 4. The number of aromatic nitrogens is 1. The van der Waals surface area contributed by atoms with Crippen LogP contribution in [0.15, 0.2) is 91.0 Å². The van der Waals surface area contributed by atoms with Crippen molar-refractivity contribution < 1.29 is 0 Å². The first-order valence-corrected chi connectivity index (χ1v) is 12.0. The van der Waals surface area contributed by atoms with Crippen LogP contribution in [0.5, 0.6) is 0 Å². The molecule has 31 heavy (non-hydrogen) atoms. The number of thiazole rings is 1. The Morgan fingerprint density at radius 3 is 2.16 bits per heavy atom. The summed E-state index contributed by atoms with van der Waals surface area (Å²) in [6, 6.07) is 32.2. The smallest absolute Gasteiger partial charge is 0.124 e. The van der Waals surface area contributed by atoms with Crippen LogP contribution in [-0.4, -0.2) is 19.1 Å². The topological polar surface area (TPSA) is 16.1 Å². The second-order valence-electron chi connectivity index (χ2n) is 7.64. The fourth-order valence-electron chi connectivity index (χ4n) is 3.83. The van der Waals surface area contributed by atoms with Gasteiger partial charge in [-0.3, -0.25) is 0 Å². The monoisotopic (exact) mass is 532 g/mol. The minimum Gasteiger partial charge on any atom is -0.378 e. The molecule has 0 N–H and O–H groups in total. The van der Waals surface area contributed by atoms with E-state index in [-0.39, 0.29) is 0 Å². The molecule has 0 aliphatic rings. The van der Waals surface area contributed by atoms with Crippen LogP contribution < -0.4 is 4.90 Å². The van der Waals surface area contributed by atoms with Gasteiger partial charge in [-0.25, -0.2) is 4.98 Å².